The van der Waals surface area contributed by atoms with E-state index in [9.17, 15) is 0 Å². The Hall–Kier alpha value is -0.0800. The van der Waals surface area contributed by atoms with E-state index in [1.54, 1.807) is 0 Å². The fourth-order valence-electron chi connectivity index (χ4n) is 8.00. The molecule has 3 unspecified atom stereocenters. The summed E-state index contributed by atoms with van der Waals surface area (Å²) in [7, 11) is 0. The number of nitrogens with two attached hydrogens (primary N) is 1. The van der Waals surface area contributed by atoms with E-state index >= 15 is 0 Å². The molecule has 4 bridgehead atoms. The minimum atomic E-state index is 0.514. The lowest BCUT2D eigenvalue weighted by molar-refractivity contribution is -0.159. The highest BCUT2D eigenvalue weighted by atomic mass is 15.2. The van der Waals surface area contributed by atoms with E-state index in [1.807, 2.05) is 0 Å². The molecule has 5 fully saturated rings. The molecule has 0 aliphatic heterocycles. The second kappa shape index (κ2) is 4.71. The Morgan fingerprint density at radius 1 is 1.00 bits per heavy atom. The Balaban J connectivity index is 1.59. The molecule has 0 spiro atoms. The van der Waals surface area contributed by atoms with E-state index in [-0.39, 0.29) is 0 Å². The molecule has 5 rings (SSSR count). The Morgan fingerprint density at radius 3 is 2.14 bits per heavy atom. The van der Waals surface area contributed by atoms with Crippen molar-refractivity contribution in [3.05, 3.63) is 0 Å². The SMILES string of the molecule is CC12CC3CC(C)(C1)CC(C(CC1CCCC1)NN)(C3)C2. The highest BCUT2D eigenvalue weighted by molar-refractivity contribution is 5.13. The molecule has 2 heteroatoms. The number of nitrogens with one attached hydrogen (secondary N) is 1. The number of hydrazine groups is 1. The van der Waals surface area contributed by atoms with Gasteiger partial charge in [0.1, 0.15) is 0 Å². The van der Waals surface area contributed by atoms with Crippen molar-refractivity contribution in [2.45, 2.75) is 90.5 Å². The lowest BCUT2D eigenvalue weighted by Gasteiger charge is -2.67. The molecule has 120 valence electrons. The first-order valence-corrected chi connectivity index (χ1v) is 9.41. The monoisotopic (exact) mass is 290 g/mol. The fourth-order valence-corrected chi connectivity index (χ4v) is 8.00. The van der Waals surface area contributed by atoms with Crippen molar-refractivity contribution in [2.24, 2.45) is 33.9 Å². The van der Waals surface area contributed by atoms with E-state index in [1.165, 1.54) is 70.6 Å². The van der Waals surface area contributed by atoms with Gasteiger partial charge in [-0.05, 0) is 73.0 Å². The van der Waals surface area contributed by atoms with E-state index in [0.29, 0.717) is 22.3 Å². The third-order valence-corrected chi connectivity index (χ3v) is 7.65. The molecular weight excluding hydrogens is 256 g/mol. The molecule has 0 amide bonds. The molecule has 3 atom stereocenters. The lowest BCUT2D eigenvalue weighted by Crippen LogP contribution is -2.62. The Bertz CT molecular complexity index is 394. The van der Waals surface area contributed by atoms with Crippen molar-refractivity contribution in [1.29, 1.82) is 0 Å². The van der Waals surface area contributed by atoms with Gasteiger partial charge in [0.2, 0.25) is 0 Å². The summed E-state index contributed by atoms with van der Waals surface area (Å²) in [4.78, 5) is 0. The topological polar surface area (TPSA) is 38.0 Å². The molecule has 0 aromatic rings. The zero-order valence-corrected chi connectivity index (χ0v) is 14.1. The lowest BCUT2D eigenvalue weighted by atomic mass is 9.39. The minimum absolute atomic E-state index is 0.514. The smallest absolute Gasteiger partial charge is 0.0270 e. The summed E-state index contributed by atoms with van der Waals surface area (Å²) in [6.07, 6.45) is 15.9. The number of hydrogen-bond acceptors (Lipinski definition) is 2. The first-order valence-electron chi connectivity index (χ1n) is 9.41. The van der Waals surface area contributed by atoms with Gasteiger partial charge in [-0.15, -0.1) is 0 Å². The van der Waals surface area contributed by atoms with Gasteiger partial charge in [-0.25, -0.2) is 0 Å². The zero-order valence-electron chi connectivity index (χ0n) is 14.1. The van der Waals surface area contributed by atoms with Crippen LogP contribution < -0.4 is 11.3 Å². The van der Waals surface area contributed by atoms with Crippen molar-refractivity contribution in [2.75, 3.05) is 0 Å². The highest BCUT2D eigenvalue weighted by Crippen LogP contribution is 2.70. The summed E-state index contributed by atoms with van der Waals surface area (Å²) in [6.45, 7) is 5.15. The van der Waals surface area contributed by atoms with Gasteiger partial charge < -0.3 is 0 Å². The van der Waals surface area contributed by atoms with Crippen LogP contribution in [0.4, 0.5) is 0 Å². The molecule has 5 aliphatic carbocycles. The third kappa shape index (κ3) is 2.37. The molecule has 0 heterocycles. The number of hydrogen-bond donors (Lipinski definition) is 2. The average Bonchev–Trinajstić information content (AvgIpc) is 2.83. The van der Waals surface area contributed by atoms with E-state index in [0.717, 1.165) is 11.8 Å². The Morgan fingerprint density at radius 2 is 1.62 bits per heavy atom. The van der Waals surface area contributed by atoms with Gasteiger partial charge >= 0.3 is 0 Å². The van der Waals surface area contributed by atoms with Gasteiger partial charge in [0.15, 0.2) is 0 Å². The second-order valence-electron chi connectivity index (χ2n) is 10.1. The van der Waals surface area contributed by atoms with E-state index < -0.39 is 0 Å². The van der Waals surface area contributed by atoms with E-state index in [2.05, 4.69) is 19.3 Å². The molecule has 2 nitrogen and oxygen atoms in total. The molecule has 5 saturated carbocycles. The molecular formula is C19H34N2. The van der Waals surface area contributed by atoms with Crippen LogP contribution in [0.1, 0.15) is 84.5 Å². The van der Waals surface area contributed by atoms with Crippen molar-refractivity contribution in [3.8, 4) is 0 Å². The standard InChI is InChI=1S/C19H34N2/c1-17-8-15-9-18(2,11-17)13-19(10-15,12-17)16(21-20)7-14-5-3-4-6-14/h14-16,21H,3-13,20H2,1-2H3. The van der Waals surface area contributed by atoms with Gasteiger partial charge in [0, 0.05) is 6.04 Å². The summed E-state index contributed by atoms with van der Waals surface area (Å²) in [5.74, 6) is 8.03. The van der Waals surface area contributed by atoms with Crippen LogP contribution in [0.5, 0.6) is 0 Å². The maximum Gasteiger partial charge on any atom is 0.0270 e. The third-order valence-electron chi connectivity index (χ3n) is 7.65. The fraction of sp³-hybridized carbons (Fsp3) is 1.00. The minimum Gasteiger partial charge on any atom is -0.271 e. The zero-order chi connectivity index (χ0) is 14.7. The summed E-state index contributed by atoms with van der Waals surface area (Å²) in [5, 5.41) is 0. The van der Waals surface area contributed by atoms with Crippen molar-refractivity contribution in [3.63, 3.8) is 0 Å². The summed E-state index contributed by atoms with van der Waals surface area (Å²) in [5.41, 5.74) is 5.05. The average molecular weight is 290 g/mol. The Kier molecular flexibility index (Phi) is 3.25. The number of rotatable bonds is 4. The molecule has 0 aromatic carbocycles. The van der Waals surface area contributed by atoms with Crippen molar-refractivity contribution < 1.29 is 0 Å². The van der Waals surface area contributed by atoms with E-state index in [4.69, 9.17) is 5.84 Å². The first-order chi connectivity index (χ1) is 9.94. The maximum absolute atomic E-state index is 6.11. The predicted molar refractivity (Wildman–Crippen MR) is 87.5 cm³/mol. The van der Waals surface area contributed by atoms with Crippen LogP contribution >= 0.6 is 0 Å². The first kappa shape index (κ1) is 14.5. The van der Waals surface area contributed by atoms with Gasteiger partial charge in [-0.2, -0.15) is 0 Å². The highest BCUT2D eigenvalue weighted by Gasteiger charge is 2.62. The van der Waals surface area contributed by atoms with Gasteiger partial charge in [-0.3, -0.25) is 11.3 Å². The summed E-state index contributed by atoms with van der Waals surface area (Å²) in [6, 6.07) is 0.572. The van der Waals surface area contributed by atoms with Crippen LogP contribution in [-0.2, 0) is 0 Å². The van der Waals surface area contributed by atoms with Crippen molar-refractivity contribution >= 4 is 0 Å². The van der Waals surface area contributed by atoms with Gasteiger partial charge in [0.25, 0.3) is 0 Å². The predicted octanol–water partition coefficient (Wildman–Crippen LogP) is 4.40. The maximum atomic E-state index is 6.11. The molecule has 0 radical (unpaired) electrons. The van der Waals surface area contributed by atoms with Gasteiger partial charge in [0.05, 0.1) is 0 Å². The van der Waals surface area contributed by atoms with Crippen LogP contribution in [0, 0.1) is 28.1 Å². The molecule has 21 heavy (non-hydrogen) atoms. The van der Waals surface area contributed by atoms with Crippen LogP contribution in [0.25, 0.3) is 0 Å². The second-order valence-corrected chi connectivity index (χ2v) is 10.1. The quantitative estimate of drug-likeness (QED) is 0.595. The van der Waals surface area contributed by atoms with Crippen LogP contribution in [0.2, 0.25) is 0 Å². The molecule has 3 N–H and O–H groups in total. The summed E-state index contributed by atoms with van der Waals surface area (Å²) < 4.78 is 0. The van der Waals surface area contributed by atoms with Crippen LogP contribution in [0.3, 0.4) is 0 Å². The van der Waals surface area contributed by atoms with Crippen molar-refractivity contribution in [1.82, 2.24) is 5.43 Å². The van der Waals surface area contributed by atoms with Crippen LogP contribution in [-0.4, -0.2) is 6.04 Å². The largest absolute Gasteiger partial charge is 0.271 e. The Labute approximate surface area is 130 Å². The molecule has 0 saturated heterocycles. The summed E-state index contributed by atoms with van der Waals surface area (Å²) >= 11 is 0. The van der Waals surface area contributed by atoms with Gasteiger partial charge in [-0.1, -0.05) is 39.5 Å². The molecule has 5 aliphatic rings. The molecule has 0 aromatic heterocycles. The normalized spacial score (nSPS) is 50.7. The van der Waals surface area contributed by atoms with Crippen LogP contribution in [0.15, 0.2) is 0 Å².